The van der Waals surface area contributed by atoms with Crippen LogP contribution < -0.4 is 4.90 Å². The highest BCUT2D eigenvalue weighted by Crippen LogP contribution is 2.23. The fraction of sp³-hybridized carbons (Fsp3) is 0.333. The molecule has 0 radical (unpaired) electrons. The van der Waals surface area contributed by atoms with Gasteiger partial charge in [-0.3, -0.25) is 24.3 Å². The third-order valence-corrected chi connectivity index (χ3v) is 5.31. The second-order valence-electron chi connectivity index (χ2n) is 6.98. The molecule has 4 rings (SSSR count). The first kappa shape index (κ1) is 18.2. The number of imide groups is 1. The number of anilines is 1. The van der Waals surface area contributed by atoms with Gasteiger partial charge < -0.3 is 9.80 Å². The SMILES string of the molecule is O=C(CCCN1C(=O)c2ccccc2C1=O)N1CCN(c2ccncc2)CC1. The molecule has 0 saturated carbocycles. The van der Waals surface area contributed by atoms with Gasteiger partial charge in [0, 0.05) is 57.2 Å². The minimum absolute atomic E-state index is 0.0750. The Hall–Kier alpha value is -3.22. The number of fused-ring (bicyclic) bond motifs is 1. The molecule has 144 valence electrons. The number of benzene rings is 1. The van der Waals surface area contributed by atoms with Crippen LogP contribution in [0.2, 0.25) is 0 Å². The summed E-state index contributed by atoms with van der Waals surface area (Å²) in [4.78, 5) is 46.6. The number of carbonyl (C=O) groups is 3. The predicted octanol–water partition coefficient (Wildman–Crippen LogP) is 1.81. The molecule has 2 aromatic rings. The molecule has 1 aromatic carbocycles. The number of hydrogen-bond donors (Lipinski definition) is 0. The van der Waals surface area contributed by atoms with Crippen LogP contribution in [0.4, 0.5) is 5.69 Å². The summed E-state index contributed by atoms with van der Waals surface area (Å²) >= 11 is 0. The van der Waals surface area contributed by atoms with Gasteiger partial charge in [0.05, 0.1) is 11.1 Å². The van der Waals surface area contributed by atoms with Gasteiger partial charge >= 0.3 is 0 Å². The minimum atomic E-state index is -0.265. The summed E-state index contributed by atoms with van der Waals surface area (Å²) in [5, 5.41) is 0. The molecule has 2 aliphatic heterocycles. The van der Waals surface area contributed by atoms with E-state index >= 15 is 0 Å². The summed E-state index contributed by atoms with van der Waals surface area (Å²) in [5.74, 6) is -0.455. The van der Waals surface area contributed by atoms with Crippen LogP contribution in [0, 0.1) is 0 Å². The predicted molar refractivity (Wildman–Crippen MR) is 104 cm³/mol. The van der Waals surface area contributed by atoms with Crippen molar-refractivity contribution in [2.75, 3.05) is 37.6 Å². The van der Waals surface area contributed by atoms with Crippen LogP contribution in [0.15, 0.2) is 48.8 Å². The molecule has 0 unspecified atom stereocenters. The van der Waals surface area contributed by atoms with E-state index in [1.54, 1.807) is 36.7 Å². The standard InChI is InChI=1S/C21H22N4O3/c26-19(24-14-12-23(13-15-24)16-7-9-22-10-8-16)6-3-11-25-20(27)17-4-1-2-5-18(17)21(25)28/h1-2,4-5,7-10H,3,6,11-15H2. The first-order valence-electron chi connectivity index (χ1n) is 9.53. The van der Waals surface area contributed by atoms with Crippen LogP contribution in [0.3, 0.4) is 0 Å². The van der Waals surface area contributed by atoms with E-state index in [-0.39, 0.29) is 24.3 Å². The molecule has 7 heteroatoms. The highest BCUT2D eigenvalue weighted by atomic mass is 16.2. The molecule has 2 aliphatic rings. The number of aromatic nitrogens is 1. The zero-order valence-electron chi connectivity index (χ0n) is 15.6. The summed E-state index contributed by atoms with van der Waals surface area (Å²) in [5.41, 5.74) is 2.02. The van der Waals surface area contributed by atoms with Crippen molar-refractivity contribution in [1.29, 1.82) is 0 Å². The smallest absolute Gasteiger partial charge is 0.261 e. The van der Waals surface area contributed by atoms with Gasteiger partial charge in [0.25, 0.3) is 11.8 Å². The Balaban J connectivity index is 1.25. The highest BCUT2D eigenvalue weighted by molar-refractivity contribution is 6.21. The van der Waals surface area contributed by atoms with Crippen LogP contribution in [-0.2, 0) is 4.79 Å². The van der Waals surface area contributed by atoms with Crippen molar-refractivity contribution >= 4 is 23.4 Å². The van der Waals surface area contributed by atoms with Gasteiger partial charge in [0.2, 0.25) is 5.91 Å². The van der Waals surface area contributed by atoms with Crippen molar-refractivity contribution in [2.45, 2.75) is 12.8 Å². The molecule has 1 fully saturated rings. The van der Waals surface area contributed by atoms with E-state index in [0.29, 0.717) is 37.1 Å². The Morgan fingerprint density at radius 3 is 2.11 bits per heavy atom. The third-order valence-electron chi connectivity index (χ3n) is 5.31. The van der Waals surface area contributed by atoms with Crippen molar-refractivity contribution < 1.29 is 14.4 Å². The quantitative estimate of drug-likeness (QED) is 0.742. The van der Waals surface area contributed by atoms with E-state index in [1.807, 2.05) is 17.0 Å². The molecule has 1 aromatic heterocycles. The summed E-state index contributed by atoms with van der Waals surface area (Å²) < 4.78 is 0. The Kier molecular flexibility index (Phi) is 5.06. The molecule has 0 N–H and O–H groups in total. The van der Waals surface area contributed by atoms with E-state index in [1.165, 1.54) is 4.90 Å². The Morgan fingerprint density at radius 2 is 1.50 bits per heavy atom. The number of rotatable bonds is 5. The van der Waals surface area contributed by atoms with Gasteiger partial charge in [-0.05, 0) is 30.7 Å². The van der Waals surface area contributed by atoms with Gasteiger partial charge in [-0.1, -0.05) is 12.1 Å². The van der Waals surface area contributed by atoms with Gasteiger partial charge in [-0.2, -0.15) is 0 Å². The molecule has 0 atom stereocenters. The number of amides is 3. The number of nitrogens with zero attached hydrogens (tertiary/aromatic N) is 4. The maximum absolute atomic E-state index is 12.5. The number of piperazine rings is 1. The maximum Gasteiger partial charge on any atom is 0.261 e. The lowest BCUT2D eigenvalue weighted by atomic mass is 10.1. The lowest BCUT2D eigenvalue weighted by Gasteiger charge is -2.36. The second-order valence-corrected chi connectivity index (χ2v) is 6.98. The van der Waals surface area contributed by atoms with Gasteiger partial charge in [0.1, 0.15) is 0 Å². The van der Waals surface area contributed by atoms with Crippen LogP contribution in [0.5, 0.6) is 0 Å². The first-order chi connectivity index (χ1) is 13.6. The monoisotopic (exact) mass is 378 g/mol. The van der Waals surface area contributed by atoms with Crippen molar-refractivity contribution in [2.24, 2.45) is 0 Å². The largest absolute Gasteiger partial charge is 0.368 e. The molecule has 28 heavy (non-hydrogen) atoms. The molecule has 1 saturated heterocycles. The molecule has 3 heterocycles. The molecule has 0 aliphatic carbocycles. The van der Waals surface area contributed by atoms with Gasteiger partial charge in [0.15, 0.2) is 0 Å². The lowest BCUT2D eigenvalue weighted by molar-refractivity contribution is -0.131. The van der Waals surface area contributed by atoms with Crippen molar-refractivity contribution in [1.82, 2.24) is 14.8 Å². The molecule has 0 spiro atoms. The number of carbonyl (C=O) groups excluding carboxylic acids is 3. The van der Waals surface area contributed by atoms with Crippen molar-refractivity contribution in [3.05, 3.63) is 59.9 Å². The van der Waals surface area contributed by atoms with Crippen LogP contribution in [0.25, 0.3) is 0 Å². The van der Waals surface area contributed by atoms with E-state index in [2.05, 4.69) is 9.88 Å². The fourth-order valence-electron chi connectivity index (χ4n) is 3.76. The highest BCUT2D eigenvalue weighted by Gasteiger charge is 2.34. The van der Waals surface area contributed by atoms with E-state index in [4.69, 9.17) is 0 Å². The van der Waals surface area contributed by atoms with E-state index in [9.17, 15) is 14.4 Å². The minimum Gasteiger partial charge on any atom is -0.368 e. The summed E-state index contributed by atoms with van der Waals surface area (Å²) in [6.45, 7) is 3.19. The Morgan fingerprint density at radius 1 is 0.893 bits per heavy atom. The maximum atomic E-state index is 12.5. The first-order valence-corrected chi connectivity index (χ1v) is 9.53. The summed E-state index contributed by atoms with van der Waals surface area (Å²) in [6.07, 6.45) is 4.36. The molecular weight excluding hydrogens is 356 g/mol. The Bertz CT molecular complexity index is 857. The lowest BCUT2D eigenvalue weighted by Crippen LogP contribution is -2.48. The van der Waals surface area contributed by atoms with Crippen LogP contribution in [-0.4, -0.2) is 65.2 Å². The van der Waals surface area contributed by atoms with Gasteiger partial charge in [-0.15, -0.1) is 0 Å². The zero-order chi connectivity index (χ0) is 19.5. The molecule has 0 bridgehead atoms. The topological polar surface area (TPSA) is 73.8 Å². The fourth-order valence-corrected chi connectivity index (χ4v) is 3.76. The molecular formula is C21H22N4O3. The van der Waals surface area contributed by atoms with Crippen molar-refractivity contribution in [3.63, 3.8) is 0 Å². The van der Waals surface area contributed by atoms with Crippen LogP contribution >= 0.6 is 0 Å². The van der Waals surface area contributed by atoms with Crippen molar-refractivity contribution in [3.8, 4) is 0 Å². The summed E-state index contributed by atoms with van der Waals surface area (Å²) in [6, 6.07) is 10.8. The van der Waals surface area contributed by atoms with Crippen LogP contribution in [0.1, 0.15) is 33.6 Å². The number of hydrogen-bond acceptors (Lipinski definition) is 5. The van der Waals surface area contributed by atoms with E-state index < -0.39 is 0 Å². The van der Waals surface area contributed by atoms with Gasteiger partial charge in [-0.25, -0.2) is 0 Å². The average Bonchev–Trinajstić information content (AvgIpc) is 2.99. The van der Waals surface area contributed by atoms with E-state index in [0.717, 1.165) is 18.8 Å². The normalized spacial score (nSPS) is 16.5. The average molecular weight is 378 g/mol. The zero-order valence-corrected chi connectivity index (χ0v) is 15.6. The summed E-state index contributed by atoms with van der Waals surface area (Å²) in [7, 11) is 0. The Labute approximate surface area is 163 Å². The molecule has 7 nitrogen and oxygen atoms in total. The third kappa shape index (κ3) is 3.47. The molecule has 3 amide bonds. The number of pyridine rings is 1. The second kappa shape index (κ2) is 7.80.